The van der Waals surface area contributed by atoms with Crippen LogP contribution in [0.3, 0.4) is 0 Å². The zero-order chi connectivity index (χ0) is 47.0. The molecular weight excluding hydrogens is 863 g/mol. The lowest BCUT2D eigenvalue weighted by Crippen LogP contribution is -2.46. The molecule has 0 radical (unpaired) electrons. The molecule has 6 rings (SSSR count). The van der Waals surface area contributed by atoms with Crippen molar-refractivity contribution in [1.29, 1.82) is 0 Å². The number of anilines is 1. The normalized spacial score (nSPS) is 20.5. The Balaban J connectivity index is 1.37. The predicted octanol–water partition coefficient (Wildman–Crippen LogP) is 7.51. The van der Waals surface area contributed by atoms with Crippen molar-refractivity contribution in [3.63, 3.8) is 0 Å². The number of rotatable bonds is 16. The lowest BCUT2D eigenvalue weighted by molar-refractivity contribution is -0.437. The molecule has 1 atom stereocenters. The predicted molar refractivity (Wildman–Crippen MR) is 243 cm³/mol. The molecule has 1 saturated heterocycles. The number of benzene rings is 2. The molecule has 2 amide bonds. The van der Waals surface area contributed by atoms with Crippen molar-refractivity contribution < 1.29 is 59.2 Å². The summed E-state index contributed by atoms with van der Waals surface area (Å²) in [4.78, 5) is 44.0. The number of ether oxygens (including phenoxy) is 2. The van der Waals surface area contributed by atoms with Crippen molar-refractivity contribution >= 4 is 66.3 Å². The van der Waals surface area contributed by atoms with Crippen molar-refractivity contribution in [2.24, 2.45) is 5.41 Å². The third-order valence-corrected chi connectivity index (χ3v) is 13.6. The van der Waals surface area contributed by atoms with Gasteiger partial charge in [0.2, 0.25) is 5.69 Å². The van der Waals surface area contributed by atoms with E-state index < -0.39 is 49.2 Å². The molecule has 0 saturated carbocycles. The monoisotopic (exact) mass is 920 g/mol. The van der Waals surface area contributed by atoms with Crippen LogP contribution in [-0.2, 0) is 49.6 Å². The van der Waals surface area contributed by atoms with Gasteiger partial charge < -0.3 is 19.2 Å². The standard InChI is InChI=1S/C47H57N3O12S2/c1-31-30-46(5,6)49(23-24-60-8)38-29-39-35(28-34(31)38)32(26-41(61-39)45(2,3)4)14-10-9-11-15-40-47(7,21-12-16-44(53)62-50-42(51)19-20-43(50)52)36-27-33(64(57,58)59)17-18-37(36)48(40)22-13-25-63(54,55)56/h9-11,14-15,17-18,26-30H,12-13,16,19-25H2,1-8H3,(H-,54,55,56,57,58,59)/p+1. The molecule has 17 heteroatoms. The number of hydrogen-bond donors (Lipinski definition) is 2. The highest BCUT2D eigenvalue weighted by molar-refractivity contribution is 7.86. The van der Waals surface area contributed by atoms with Gasteiger partial charge in [0.15, 0.2) is 5.71 Å². The Kier molecular flexibility index (Phi) is 13.8. The van der Waals surface area contributed by atoms with Gasteiger partial charge in [0.1, 0.15) is 18.1 Å². The van der Waals surface area contributed by atoms with Crippen LogP contribution in [0.15, 0.2) is 83.5 Å². The Labute approximate surface area is 375 Å². The molecule has 4 heterocycles. The molecule has 15 nitrogen and oxygen atoms in total. The Bertz CT molecular complexity index is 2650. The van der Waals surface area contributed by atoms with Crippen LogP contribution < -0.4 is 9.64 Å². The first-order chi connectivity index (χ1) is 29.8. The average Bonchev–Trinajstić information content (AvgIpc) is 3.62. The molecule has 344 valence electrons. The molecular formula is C47H58N3O12S2+. The molecule has 4 aliphatic heterocycles. The summed E-state index contributed by atoms with van der Waals surface area (Å²) in [5, 5.41) is 0.481. The Morgan fingerprint density at radius 1 is 0.969 bits per heavy atom. The lowest BCUT2D eigenvalue weighted by Gasteiger charge is -2.44. The topological polar surface area (TPSA) is 197 Å². The molecule has 2 N–H and O–H groups in total. The van der Waals surface area contributed by atoms with Crippen LogP contribution in [-0.4, -0.2) is 97.2 Å². The van der Waals surface area contributed by atoms with E-state index in [1.807, 2.05) is 41.9 Å². The van der Waals surface area contributed by atoms with E-state index in [-0.39, 0.29) is 60.9 Å². The van der Waals surface area contributed by atoms with Crippen molar-refractivity contribution in [1.82, 2.24) is 5.06 Å². The van der Waals surface area contributed by atoms with Crippen LogP contribution in [0.2, 0.25) is 0 Å². The zero-order valence-electron chi connectivity index (χ0n) is 37.6. The van der Waals surface area contributed by atoms with Crippen molar-refractivity contribution in [3.8, 4) is 5.75 Å². The van der Waals surface area contributed by atoms with E-state index in [1.54, 1.807) is 13.2 Å². The summed E-state index contributed by atoms with van der Waals surface area (Å²) in [7, 11) is -7.25. The first-order valence-electron chi connectivity index (χ1n) is 21.2. The second-order valence-electron chi connectivity index (χ2n) is 18.3. The molecule has 64 heavy (non-hydrogen) atoms. The first kappa shape index (κ1) is 48.3. The molecule has 1 fully saturated rings. The van der Waals surface area contributed by atoms with E-state index in [1.165, 1.54) is 18.2 Å². The number of allylic oxidation sites excluding steroid dienone is 9. The largest absolute Gasteiger partial charge is 0.460 e. The number of methoxy groups -OCH3 is 1. The fourth-order valence-corrected chi connectivity index (χ4v) is 9.74. The summed E-state index contributed by atoms with van der Waals surface area (Å²) in [6.07, 6.45) is 13.8. The third-order valence-electron chi connectivity index (χ3n) is 12.0. The minimum absolute atomic E-state index is 0.0157. The highest BCUT2D eigenvalue weighted by Crippen LogP contribution is 2.48. The van der Waals surface area contributed by atoms with Crippen LogP contribution in [0.25, 0.3) is 11.1 Å². The molecule has 2 aromatic carbocycles. The van der Waals surface area contributed by atoms with E-state index in [9.17, 15) is 40.3 Å². The Hall–Kier alpha value is -5.20. The number of hydrogen-bond acceptors (Lipinski definition) is 11. The second-order valence-corrected chi connectivity index (χ2v) is 21.3. The fraction of sp³-hybridized carbons (Fsp3) is 0.447. The van der Waals surface area contributed by atoms with E-state index >= 15 is 0 Å². The van der Waals surface area contributed by atoms with Gasteiger partial charge in [-0.15, -0.1) is 5.06 Å². The summed E-state index contributed by atoms with van der Waals surface area (Å²) in [6, 6.07) is 8.41. The van der Waals surface area contributed by atoms with Crippen LogP contribution in [0.4, 0.5) is 11.4 Å². The molecule has 2 aromatic rings. The number of nitrogens with zero attached hydrogens (tertiary/aromatic N) is 3. The molecule has 0 aromatic heterocycles. The van der Waals surface area contributed by atoms with Crippen LogP contribution in [0.5, 0.6) is 5.75 Å². The van der Waals surface area contributed by atoms with Crippen LogP contribution in [0.1, 0.15) is 104 Å². The van der Waals surface area contributed by atoms with Gasteiger partial charge in [-0.25, -0.2) is 4.79 Å². The highest BCUT2D eigenvalue weighted by atomic mass is 32.2. The van der Waals surface area contributed by atoms with Gasteiger partial charge in [0, 0.05) is 85.3 Å². The number of amides is 2. The summed E-state index contributed by atoms with van der Waals surface area (Å²) < 4.78 is 81.8. The highest BCUT2D eigenvalue weighted by Gasteiger charge is 2.48. The van der Waals surface area contributed by atoms with Gasteiger partial charge in [0.25, 0.3) is 32.1 Å². The Morgan fingerprint density at radius 2 is 1.67 bits per heavy atom. The second kappa shape index (κ2) is 18.4. The summed E-state index contributed by atoms with van der Waals surface area (Å²) >= 11 is 0. The summed E-state index contributed by atoms with van der Waals surface area (Å²) in [5.74, 6) is -1.01. The molecule has 1 unspecified atom stereocenters. The first-order valence-corrected chi connectivity index (χ1v) is 24.3. The fourth-order valence-electron chi connectivity index (χ4n) is 8.74. The van der Waals surface area contributed by atoms with Crippen molar-refractivity contribution in [3.05, 3.63) is 95.3 Å². The summed E-state index contributed by atoms with van der Waals surface area (Å²) in [5.41, 5.74) is 5.23. The maximum absolute atomic E-state index is 12.8. The number of hydroxylamine groups is 2. The van der Waals surface area contributed by atoms with E-state index in [0.717, 1.165) is 39.5 Å². The molecule has 0 aliphatic carbocycles. The quantitative estimate of drug-likeness (QED) is 0.0727. The van der Waals surface area contributed by atoms with Crippen LogP contribution >= 0.6 is 0 Å². The van der Waals surface area contributed by atoms with E-state index in [4.69, 9.17) is 14.3 Å². The van der Waals surface area contributed by atoms with Gasteiger partial charge in [0.05, 0.1) is 28.2 Å². The minimum atomic E-state index is -4.64. The SMILES string of the molecule is COCCN1c2cc3c(cc2C(C)=CC1(C)C)C(=CC=CC=CC1=[N+](CCCS(=O)(=O)O)c2ccc(S(=O)(=O)O)cc2C1(C)CCCC(=O)ON1C(=O)CCC1=O)C=C(C(C)(C)C)O3. The molecule has 0 spiro atoms. The maximum Gasteiger partial charge on any atom is 0.333 e. The van der Waals surface area contributed by atoms with E-state index in [0.29, 0.717) is 35.2 Å². The average molecular weight is 921 g/mol. The van der Waals surface area contributed by atoms with Gasteiger partial charge in [-0.05, 0) is 76.0 Å². The third kappa shape index (κ3) is 10.5. The maximum atomic E-state index is 12.8. The van der Waals surface area contributed by atoms with Gasteiger partial charge in [-0.3, -0.25) is 18.7 Å². The van der Waals surface area contributed by atoms with E-state index in [2.05, 4.69) is 64.7 Å². The summed E-state index contributed by atoms with van der Waals surface area (Å²) in [6.45, 7) is 15.9. The minimum Gasteiger partial charge on any atom is -0.460 e. The van der Waals surface area contributed by atoms with Gasteiger partial charge in [-0.1, -0.05) is 51.2 Å². The van der Waals surface area contributed by atoms with Crippen molar-refractivity contribution in [2.45, 2.75) is 103 Å². The smallest absolute Gasteiger partial charge is 0.333 e. The van der Waals surface area contributed by atoms with Gasteiger partial charge >= 0.3 is 5.97 Å². The number of fused-ring (bicyclic) bond motifs is 3. The Morgan fingerprint density at radius 3 is 2.31 bits per heavy atom. The van der Waals surface area contributed by atoms with Crippen molar-refractivity contribution in [2.75, 3.05) is 37.5 Å². The molecule has 4 aliphatic rings. The van der Waals surface area contributed by atoms with Crippen LogP contribution in [0, 0.1) is 5.41 Å². The number of carbonyl (C=O) groups is 3. The number of carbonyl (C=O) groups excluding carboxylic acids is 3. The lowest BCUT2D eigenvalue weighted by atomic mass is 9.75. The van der Waals surface area contributed by atoms with Gasteiger partial charge in [-0.2, -0.15) is 21.4 Å². The zero-order valence-corrected chi connectivity index (χ0v) is 39.3. The number of imide groups is 1. The molecule has 0 bridgehead atoms.